The molecule has 1 aromatic heterocycles. The van der Waals surface area contributed by atoms with Crippen LogP contribution in [0.1, 0.15) is 101 Å². The molecule has 6 nitrogen and oxygen atoms in total. The summed E-state index contributed by atoms with van der Waals surface area (Å²) in [6.45, 7) is 5.18. The molecule has 1 aromatic carbocycles. The number of nitrogens with zero attached hydrogens (tertiary/aromatic N) is 5. The Morgan fingerprint density at radius 1 is 0.930 bits per heavy atom. The Morgan fingerprint density at radius 2 is 1.56 bits per heavy atom. The summed E-state index contributed by atoms with van der Waals surface area (Å²) in [6, 6.07) is 9.31. The van der Waals surface area contributed by atoms with E-state index >= 15 is 0 Å². The number of aromatic nitrogens is 2. The monoisotopic (exact) mass is 577 g/mol. The van der Waals surface area contributed by atoms with Crippen LogP contribution in [0.3, 0.4) is 0 Å². The average molecular weight is 578 g/mol. The highest BCUT2D eigenvalue weighted by molar-refractivity contribution is 6.12. The maximum Gasteiger partial charge on any atom is 0.393 e. The molecule has 11 rings (SSSR count). The molecule has 2 atom stereocenters. The highest BCUT2D eigenvalue weighted by Gasteiger charge is 2.67. The Labute approximate surface area is 256 Å². The lowest BCUT2D eigenvalue weighted by Crippen LogP contribution is -2.63. The van der Waals surface area contributed by atoms with Crippen LogP contribution in [0.5, 0.6) is 5.88 Å². The molecular formula is C37H47N5O+2. The van der Waals surface area contributed by atoms with Crippen molar-refractivity contribution in [2.45, 2.75) is 103 Å². The minimum Gasteiger partial charge on any atom is -0.446 e. The van der Waals surface area contributed by atoms with Gasteiger partial charge in [-0.05, 0) is 137 Å². The van der Waals surface area contributed by atoms with E-state index < -0.39 is 0 Å². The maximum atomic E-state index is 10.5. The fourth-order valence-electron chi connectivity index (χ4n) is 12.6. The number of benzene rings is 1. The third-order valence-corrected chi connectivity index (χ3v) is 13.5. The van der Waals surface area contributed by atoms with E-state index in [-0.39, 0.29) is 5.54 Å². The lowest BCUT2D eigenvalue weighted by Gasteiger charge is -2.57. The SMILES string of the molecule is CCc1c(C#N)cc(C2=NC(C34CC5CC(CC3C5)C4)=[N+]2C23CC4CC(CC(C4)C2)C3)cc1-c1cc(OC)[n+](C)n1CC. The molecule has 0 N–H and O–H groups in total. The summed E-state index contributed by atoms with van der Waals surface area (Å²) in [6.07, 6.45) is 16.2. The van der Waals surface area contributed by atoms with Crippen molar-refractivity contribution in [3.63, 3.8) is 0 Å². The van der Waals surface area contributed by atoms with E-state index in [1.165, 1.54) is 82.3 Å². The Morgan fingerprint density at radius 3 is 2.12 bits per heavy atom. The number of nitriles is 1. The zero-order valence-electron chi connectivity index (χ0n) is 26.5. The van der Waals surface area contributed by atoms with Gasteiger partial charge in [0.2, 0.25) is 5.84 Å². The molecule has 0 spiro atoms. The topological polar surface area (TPSA) is 57.2 Å². The predicted octanol–water partition coefficient (Wildman–Crippen LogP) is 6.41. The van der Waals surface area contributed by atoms with Crippen molar-refractivity contribution < 1.29 is 14.0 Å². The summed E-state index contributed by atoms with van der Waals surface area (Å²) in [5.74, 6) is 8.80. The van der Waals surface area contributed by atoms with Gasteiger partial charge in [0.1, 0.15) is 5.69 Å². The first-order valence-electron chi connectivity index (χ1n) is 17.4. The van der Waals surface area contributed by atoms with Crippen LogP contribution in [0, 0.1) is 52.3 Å². The Bertz CT molecular complexity index is 1600. The highest BCUT2D eigenvalue weighted by atomic mass is 16.5. The average Bonchev–Trinajstić information content (AvgIpc) is 3.51. The molecule has 9 aliphatic rings. The van der Waals surface area contributed by atoms with Crippen LogP contribution < -0.4 is 9.42 Å². The van der Waals surface area contributed by atoms with Gasteiger partial charge in [-0.1, -0.05) is 16.6 Å². The number of hydrogen-bond donors (Lipinski definition) is 0. The molecule has 0 amide bonds. The zero-order chi connectivity index (χ0) is 29.2. The standard InChI is InChI=1S/C37H47N5O/c1-5-30-28(21-38)13-27(14-31(30)32-15-33(43-4)40(3)41(32)6-2)34-39-35(37-19-25-10-26(20-37)12-29(37)11-25)42(34)36-16-22-7-23(17-36)9-24(8-22)18-36/h13-15,22-26,29H,5-12,16-20H2,1-4H3/q+2. The number of aliphatic imine (C=N–C) groups is 1. The van der Waals surface area contributed by atoms with Gasteiger partial charge < -0.3 is 4.74 Å². The van der Waals surface area contributed by atoms with Crippen LogP contribution >= 0.6 is 0 Å². The quantitative estimate of drug-likeness (QED) is 0.357. The summed E-state index contributed by atoms with van der Waals surface area (Å²) in [4.78, 5) is 5.66. The summed E-state index contributed by atoms with van der Waals surface area (Å²) >= 11 is 0. The van der Waals surface area contributed by atoms with E-state index in [0.717, 1.165) is 82.3 Å². The summed E-state index contributed by atoms with van der Waals surface area (Å²) in [7, 11) is 3.80. The van der Waals surface area contributed by atoms with E-state index in [0.29, 0.717) is 5.41 Å². The summed E-state index contributed by atoms with van der Waals surface area (Å²) < 4.78 is 13.0. The van der Waals surface area contributed by atoms with Crippen LogP contribution in [0.2, 0.25) is 0 Å². The molecule has 0 saturated heterocycles. The second-order valence-corrected chi connectivity index (χ2v) is 15.8. The van der Waals surface area contributed by atoms with E-state index in [2.05, 4.69) is 59.1 Å². The lowest BCUT2D eigenvalue weighted by atomic mass is 9.52. The minimum atomic E-state index is 0.228. The third kappa shape index (κ3) is 3.49. The molecule has 0 radical (unpaired) electrons. The number of ether oxygens (including phenoxy) is 1. The normalized spacial score (nSPS) is 38.1. The first-order valence-corrected chi connectivity index (χ1v) is 17.4. The Hall–Kier alpha value is -2.94. The van der Waals surface area contributed by atoms with Crippen molar-refractivity contribution in [2.24, 2.45) is 53.0 Å². The van der Waals surface area contributed by atoms with Gasteiger partial charge in [0, 0.05) is 5.56 Å². The van der Waals surface area contributed by atoms with E-state index in [1.54, 1.807) is 7.11 Å². The molecule has 43 heavy (non-hydrogen) atoms. The molecule has 1 aliphatic heterocycles. The largest absolute Gasteiger partial charge is 0.446 e. The molecule has 2 unspecified atom stereocenters. The molecular weight excluding hydrogens is 530 g/mol. The first-order chi connectivity index (χ1) is 20.9. The van der Waals surface area contributed by atoms with Gasteiger partial charge in [0.15, 0.2) is 7.05 Å². The third-order valence-electron chi connectivity index (χ3n) is 13.5. The molecule has 224 valence electrons. The van der Waals surface area contributed by atoms with Crippen molar-refractivity contribution in [1.29, 1.82) is 5.26 Å². The fourth-order valence-corrected chi connectivity index (χ4v) is 12.6. The van der Waals surface area contributed by atoms with Gasteiger partial charge in [0.05, 0.1) is 47.9 Å². The van der Waals surface area contributed by atoms with Crippen molar-refractivity contribution in [3.8, 4) is 23.2 Å². The molecule has 2 aromatic rings. The Kier molecular flexibility index (Phi) is 5.57. The van der Waals surface area contributed by atoms with Crippen LogP contribution in [0.15, 0.2) is 23.2 Å². The predicted molar refractivity (Wildman–Crippen MR) is 166 cm³/mol. The van der Waals surface area contributed by atoms with E-state index in [1.807, 2.05) is 0 Å². The van der Waals surface area contributed by atoms with Crippen molar-refractivity contribution in [3.05, 3.63) is 34.9 Å². The zero-order valence-corrected chi connectivity index (χ0v) is 26.5. The molecule has 2 heterocycles. The van der Waals surface area contributed by atoms with Gasteiger partial charge in [-0.15, -0.1) is 0 Å². The minimum absolute atomic E-state index is 0.228. The van der Waals surface area contributed by atoms with Crippen molar-refractivity contribution >= 4 is 11.7 Å². The molecule has 8 bridgehead atoms. The Balaban J connectivity index is 1.22. The molecule has 6 heteroatoms. The van der Waals surface area contributed by atoms with Crippen LogP contribution in [0.25, 0.3) is 11.3 Å². The maximum absolute atomic E-state index is 10.5. The highest BCUT2D eigenvalue weighted by Crippen LogP contribution is 2.67. The van der Waals surface area contributed by atoms with Gasteiger partial charge in [-0.2, -0.15) is 9.94 Å². The van der Waals surface area contributed by atoms with Crippen LogP contribution in [0.4, 0.5) is 0 Å². The van der Waals surface area contributed by atoms with Gasteiger partial charge in [0.25, 0.3) is 5.84 Å². The number of methoxy groups -OCH3 is 1. The smallest absolute Gasteiger partial charge is 0.393 e. The molecule has 8 aliphatic carbocycles. The summed E-state index contributed by atoms with van der Waals surface area (Å²) in [5.41, 5.74) is 5.86. The van der Waals surface area contributed by atoms with Crippen molar-refractivity contribution in [2.75, 3.05) is 7.11 Å². The lowest BCUT2D eigenvalue weighted by molar-refractivity contribution is -0.755. The van der Waals surface area contributed by atoms with Gasteiger partial charge >= 0.3 is 5.88 Å². The molecule has 8 fully saturated rings. The number of rotatable bonds is 7. The molecule has 8 saturated carbocycles. The van der Waals surface area contributed by atoms with E-state index in [4.69, 9.17) is 9.73 Å². The second-order valence-electron chi connectivity index (χ2n) is 15.8. The van der Waals surface area contributed by atoms with Crippen LogP contribution in [-0.2, 0) is 20.0 Å². The fraction of sp³-hybridized carbons (Fsp3) is 0.676. The van der Waals surface area contributed by atoms with Crippen LogP contribution in [-0.4, -0.2) is 33.6 Å². The second kappa shape index (κ2) is 9.05. The summed E-state index contributed by atoms with van der Waals surface area (Å²) in [5, 5.41) is 10.5. The van der Waals surface area contributed by atoms with Gasteiger partial charge in [-0.3, -0.25) is 0 Å². The van der Waals surface area contributed by atoms with Gasteiger partial charge in [-0.25, -0.2) is 4.58 Å². The number of amidine groups is 2. The van der Waals surface area contributed by atoms with Crippen molar-refractivity contribution in [1.82, 2.24) is 4.68 Å². The first kappa shape index (κ1) is 26.5. The van der Waals surface area contributed by atoms with E-state index in [9.17, 15) is 5.26 Å². The number of hydrogen-bond acceptors (Lipinski definition) is 3.